The summed E-state index contributed by atoms with van der Waals surface area (Å²) in [5, 5.41) is 1.02. The number of hydrogen-bond donors (Lipinski definition) is 0. The van der Waals surface area contributed by atoms with Crippen molar-refractivity contribution in [3.63, 3.8) is 0 Å². The van der Waals surface area contributed by atoms with Crippen molar-refractivity contribution < 1.29 is 13.9 Å². The highest BCUT2D eigenvalue weighted by Gasteiger charge is 2.32. The minimum Gasteiger partial charge on any atom is -0.401 e. The van der Waals surface area contributed by atoms with E-state index in [1.165, 1.54) is 0 Å². The van der Waals surface area contributed by atoms with Gasteiger partial charge in [0.25, 0.3) is 0 Å². The van der Waals surface area contributed by atoms with E-state index in [2.05, 4.69) is 6.92 Å². The molecule has 0 N–H and O–H groups in total. The van der Waals surface area contributed by atoms with Gasteiger partial charge in [-0.25, -0.2) is 4.79 Å². The quantitative estimate of drug-likeness (QED) is 0.590. The molecule has 0 amide bonds. The van der Waals surface area contributed by atoms with Gasteiger partial charge in [0.1, 0.15) is 0 Å². The summed E-state index contributed by atoms with van der Waals surface area (Å²) < 4.78 is 19.6. The average Bonchev–Trinajstić information content (AvgIpc) is 2.69. The van der Waals surface area contributed by atoms with Crippen molar-refractivity contribution in [1.29, 1.82) is 0 Å². The smallest absolute Gasteiger partial charge is 0.343 e. The molecule has 0 radical (unpaired) electrons. The van der Waals surface area contributed by atoms with Crippen LogP contribution in [0, 0.1) is 13.8 Å². The SMILES string of the molecule is CCc1ccc(C(=O)OP(=O)(c2ccc(C)cc2)c2ccc(C)cc2)cc1. The molecule has 4 heteroatoms. The van der Waals surface area contributed by atoms with E-state index < -0.39 is 13.3 Å². The van der Waals surface area contributed by atoms with Gasteiger partial charge in [-0.1, -0.05) is 54.4 Å². The first-order valence-electron chi connectivity index (χ1n) is 9.00. The highest BCUT2D eigenvalue weighted by atomic mass is 31.2. The Kier molecular flexibility index (Phi) is 5.62. The van der Waals surface area contributed by atoms with Crippen molar-refractivity contribution in [2.24, 2.45) is 0 Å². The number of carbonyl (C=O) groups excluding carboxylic acids is 1. The van der Waals surface area contributed by atoms with Crippen LogP contribution < -0.4 is 10.6 Å². The number of carbonyl (C=O) groups is 1. The molecule has 0 aliphatic rings. The highest BCUT2D eigenvalue weighted by molar-refractivity contribution is 7.74. The fourth-order valence-electron chi connectivity index (χ4n) is 2.78. The van der Waals surface area contributed by atoms with Crippen LogP contribution in [0.3, 0.4) is 0 Å². The molecule has 3 aromatic carbocycles. The maximum Gasteiger partial charge on any atom is 0.343 e. The molecule has 3 aromatic rings. The number of rotatable bonds is 5. The second kappa shape index (κ2) is 7.94. The zero-order valence-corrected chi connectivity index (χ0v) is 16.7. The third-order valence-corrected chi connectivity index (χ3v) is 6.94. The Bertz CT molecular complexity index is 922. The number of benzene rings is 3. The molecule has 0 aliphatic heterocycles. The molecule has 0 aliphatic carbocycles. The number of hydrogen-bond acceptors (Lipinski definition) is 3. The molecule has 0 fully saturated rings. The zero-order valence-electron chi connectivity index (χ0n) is 15.8. The maximum atomic E-state index is 13.9. The fraction of sp³-hybridized carbons (Fsp3) is 0.174. The Morgan fingerprint density at radius 3 is 1.63 bits per heavy atom. The van der Waals surface area contributed by atoms with Crippen molar-refractivity contribution in [2.75, 3.05) is 0 Å². The van der Waals surface area contributed by atoms with Crippen LogP contribution in [0.5, 0.6) is 0 Å². The van der Waals surface area contributed by atoms with Gasteiger partial charge in [-0.3, -0.25) is 4.57 Å². The minimum absolute atomic E-state index is 0.395. The van der Waals surface area contributed by atoms with Crippen LogP contribution in [0.25, 0.3) is 0 Å². The zero-order chi connectivity index (χ0) is 19.4. The Labute approximate surface area is 160 Å². The van der Waals surface area contributed by atoms with Crippen molar-refractivity contribution >= 4 is 23.9 Å². The van der Waals surface area contributed by atoms with Crippen molar-refractivity contribution in [2.45, 2.75) is 27.2 Å². The van der Waals surface area contributed by atoms with Gasteiger partial charge in [0.15, 0.2) is 0 Å². The predicted molar refractivity (Wildman–Crippen MR) is 110 cm³/mol. The van der Waals surface area contributed by atoms with Gasteiger partial charge < -0.3 is 4.52 Å². The Balaban J connectivity index is 2.01. The topological polar surface area (TPSA) is 43.4 Å². The lowest BCUT2D eigenvalue weighted by molar-refractivity contribution is 0.0747. The molecule has 138 valence electrons. The molecule has 0 spiro atoms. The normalized spacial score (nSPS) is 11.2. The van der Waals surface area contributed by atoms with Crippen LogP contribution in [-0.2, 0) is 15.5 Å². The van der Waals surface area contributed by atoms with E-state index in [9.17, 15) is 9.36 Å². The van der Waals surface area contributed by atoms with E-state index in [1.54, 1.807) is 36.4 Å². The molecule has 0 saturated carbocycles. The largest absolute Gasteiger partial charge is 0.401 e. The van der Waals surface area contributed by atoms with E-state index in [1.807, 2.05) is 50.2 Å². The average molecular weight is 378 g/mol. The van der Waals surface area contributed by atoms with Gasteiger partial charge in [0, 0.05) is 0 Å². The maximum absolute atomic E-state index is 13.9. The van der Waals surface area contributed by atoms with Gasteiger partial charge >= 0.3 is 13.3 Å². The molecule has 27 heavy (non-hydrogen) atoms. The summed E-state index contributed by atoms with van der Waals surface area (Å²) in [6, 6.07) is 21.8. The van der Waals surface area contributed by atoms with E-state index in [-0.39, 0.29) is 0 Å². The molecular weight excluding hydrogens is 355 g/mol. The Morgan fingerprint density at radius 1 is 0.778 bits per heavy atom. The Morgan fingerprint density at radius 2 is 1.22 bits per heavy atom. The van der Waals surface area contributed by atoms with E-state index in [0.717, 1.165) is 23.1 Å². The predicted octanol–water partition coefficient (Wildman–Crippen LogP) is 4.95. The summed E-state index contributed by atoms with van der Waals surface area (Å²) in [6.07, 6.45) is 0.889. The third-order valence-electron chi connectivity index (χ3n) is 4.56. The van der Waals surface area contributed by atoms with Crippen molar-refractivity contribution in [3.8, 4) is 0 Å². The van der Waals surface area contributed by atoms with Crippen molar-refractivity contribution in [1.82, 2.24) is 0 Å². The summed E-state index contributed by atoms with van der Waals surface area (Å²) in [4.78, 5) is 12.7. The molecule has 0 unspecified atom stereocenters. The third kappa shape index (κ3) is 4.20. The molecule has 0 aromatic heterocycles. The van der Waals surface area contributed by atoms with E-state index in [4.69, 9.17) is 4.52 Å². The van der Waals surface area contributed by atoms with Crippen LogP contribution >= 0.6 is 7.37 Å². The summed E-state index contributed by atoms with van der Waals surface area (Å²) >= 11 is 0. The van der Waals surface area contributed by atoms with Crippen molar-refractivity contribution in [3.05, 3.63) is 95.1 Å². The lowest BCUT2D eigenvalue weighted by Gasteiger charge is -2.19. The minimum atomic E-state index is -3.55. The summed E-state index contributed by atoms with van der Waals surface area (Å²) in [5.74, 6) is -0.581. The second-order valence-corrected chi connectivity index (χ2v) is 8.97. The first kappa shape index (κ1) is 19.1. The lowest BCUT2D eigenvalue weighted by Crippen LogP contribution is -2.21. The van der Waals surface area contributed by atoms with Crippen LogP contribution in [0.15, 0.2) is 72.8 Å². The molecule has 0 saturated heterocycles. The first-order valence-corrected chi connectivity index (χ1v) is 10.6. The van der Waals surface area contributed by atoms with Gasteiger partial charge in [-0.05, 0) is 62.2 Å². The highest BCUT2D eigenvalue weighted by Crippen LogP contribution is 2.45. The van der Waals surface area contributed by atoms with E-state index >= 15 is 0 Å². The van der Waals surface area contributed by atoms with Crippen LogP contribution in [0.1, 0.15) is 34.0 Å². The molecule has 0 atom stereocenters. The van der Waals surface area contributed by atoms with E-state index in [0.29, 0.717) is 16.2 Å². The first-order chi connectivity index (χ1) is 12.9. The fourth-order valence-corrected chi connectivity index (χ4v) is 4.71. The molecule has 0 heterocycles. The van der Waals surface area contributed by atoms with Gasteiger partial charge in [-0.15, -0.1) is 0 Å². The molecule has 0 bridgehead atoms. The Hall–Kier alpha value is -2.64. The van der Waals surface area contributed by atoms with Crippen LogP contribution in [-0.4, -0.2) is 5.97 Å². The summed E-state index contributed by atoms with van der Waals surface area (Å²) in [7, 11) is -3.55. The van der Waals surface area contributed by atoms with Gasteiger partial charge in [-0.2, -0.15) is 0 Å². The van der Waals surface area contributed by atoms with Crippen LogP contribution in [0.4, 0.5) is 0 Å². The lowest BCUT2D eigenvalue weighted by atomic mass is 10.1. The number of aryl methyl sites for hydroxylation is 3. The van der Waals surface area contributed by atoms with Gasteiger partial charge in [0.05, 0.1) is 16.2 Å². The standard InChI is InChI=1S/C23H23O3P/c1-4-19-9-11-20(12-10-19)23(24)26-27(25,21-13-5-17(2)6-14-21)22-15-7-18(3)8-16-22/h5-16H,4H2,1-3H3. The monoisotopic (exact) mass is 378 g/mol. The summed E-state index contributed by atoms with van der Waals surface area (Å²) in [5.41, 5.74) is 3.63. The molecule has 3 rings (SSSR count). The molecular formula is C23H23O3P. The molecule has 3 nitrogen and oxygen atoms in total. The van der Waals surface area contributed by atoms with Gasteiger partial charge in [0.2, 0.25) is 0 Å². The second-order valence-electron chi connectivity index (χ2n) is 6.65. The summed E-state index contributed by atoms with van der Waals surface area (Å²) in [6.45, 7) is 5.97. The van der Waals surface area contributed by atoms with Crippen LogP contribution in [0.2, 0.25) is 0 Å².